The third-order valence-electron chi connectivity index (χ3n) is 15.3. The Morgan fingerprint density at radius 1 is 0.903 bits per heavy atom. The second kappa shape index (κ2) is 15.7. The number of piperidine rings is 2. The third kappa shape index (κ3) is 6.88. The number of fused-ring (bicyclic) bond motifs is 6. The first-order valence-electron chi connectivity index (χ1n) is 22.7. The maximum absolute atomic E-state index is 13.5. The molecule has 0 bridgehead atoms. The molecule has 2 amide bonds. The Morgan fingerprint density at radius 3 is 2.56 bits per heavy atom. The van der Waals surface area contributed by atoms with E-state index in [0.29, 0.717) is 54.8 Å². The molecule has 11 rings (SSSR count). The lowest BCUT2D eigenvalue weighted by atomic mass is 9.69. The zero-order valence-electron chi connectivity index (χ0n) is 35.7. The van der Waals surface area contributed by atoms with Crippen LogP contribution in [0.1, 0.15) is 88.5 Å². The predicted octanol–water partition coefficient (Wildman–Crippen LogP) is 6.97. The number of rotatable bonds is 7. The van der Waals surface area contributed by atoms with E-state index in [1.807, 2.05) is 18.2 Å². The molecule has 6 heterocycles. The molecule has 11 heteroatoms. The normalized spacial score (nSPS) is 26.7. The number of hydrogen-bond donors (Lipinski definition) is 2. The fourth-order valence-corrected chi connectivity index (χ4v) is 12.1. The van der Waals surface area contributed by atoms with Gasteiger partial charge in [0.1, 0.15) is 29.9 Å². The summed E-state index contributed by atoms with van der Waals surface area (Å²) in [6.45, 7) is 11.4. The maximum Gasteiger partial charge on any atom is 0.255 e. The predicted molar refractivity (Wildman–Crippen MR) is 238 cm³/mol. The van der Waals surface area contributed by atoms with Crippen molar-refractivity contribution >= 4 is 23.2 Å². The summed E-state index contributed by atoms with van der Waals surface area (Å²) >= 11 is 0. The third-order valence-corrected chi connectivity index (χ3v) is 15.3. The van der Waals surface area contributed by atoms with E-state index < -0.39 is 6.04 Å². The number of carbonyl (C=O) groups is 2. The molecule has 0 aromatic heterocycles. The van der Waals surface area contributed by atoms with Gasteiger partial charge in [-0.2, -0.15) is 0 Å². The molecule has 0 saturated carbocycles. The lowest BCUT2D eigenvalue weighted by Crippen LogP contribution is -2.58. The van der Waals surface area contributed by atoms with Gasteiger partial charge in [-0.05, 0) is 104 Å². The van der Waals surface area contributed by atoms with Crippen molar-refractivity contribution in [1.29, 1.82) is 0 Å². The van der Waals surface area contributed by atoms with Crippen LogP contribution in [0, 0.1) is 5.92 Å². The van der Waals surface area contributed by atoms with Gasteiger partial charge >= 0.3 is 0 Å². The molecule has 5 atom stereocenters. The van der Waals surface area contributed by atoms with Crippen LogP contribution in [0.5, 0.6) is 17.2 Å². The van der Waals surface area contributed by atoms with Crippen LogP contribution in [0.4, 0.5) is 11.4 Å². The average molecular weight is 836 g/mol. The van der Waals surface area contributed by atoms with E-state index in [0.717, 1.165) is 101 Å². The zero-order chi connectivity index (χ0) is 42.1. The van der Waals surface area contributed by atoms with Crippen molar-refractivity contribution in [2.75, 3.05) is 69.4 Å². The Morgan fingerprint density at radius 2 is 1.74 bits per heavy atom. The monoisotopic (exact) mass is 835 g/mol. The van der Waals surface area contributed by atoms with Crippen LogP contribution < -0.4 is 24.6 Å². The fraction of sp³-hybridized carbons (Fsp3) is 0.451. The Labute approximate surface area is 364 Å². The summed E-state index contributed by atoms with van der Waals surface area (Å²) in [5, 5.41) is 13.2. The van der Waals surface area contributed by atoms with Gasteiger partial charge in [0.15, 0.2) is 0 Å². The standard InChI is InChI=1S/C51H57N5O6/c1-32-8-16-45(49(58)52-32)56-29-43-41(50(56)59)15-17-44-48(43)61-31-37-28-53(22-23-55(37)44)27-33-26-51(62-30-33)18-20-54(21-19-51)36-10-13-42(46(25-36)60-2)47-39(34-6-4-3-5-7-34)12-9-35-24-38(57)11-14-40(35)47/h3-7,10-11,13-15,17,24-25,33,37,39,45,47,57H,1,8-9,12,16,18-23,26-31H2,2H3,(H,52,58)/t33?,37-,39+,45+,47-/m1/s1. The molecule has 62 heavy (non-hydrogen) atoms. The topological polar surface area (TPSA) is 107 Å². The van der Waals surface area contributed by atoms with Gasteiger partial charge < -0.3 is 39.3 Å². The Kier molecular flexibility index (Phi) is 9.95. The number of ether oxygens (including phenoxy) is 3. The number of phenols is 1. The van der Waals surface area contributed by atoms with Crippen LogP contribution >= 0.6 is 0 Å². The van der Waals surface area contributed by atoms with Crippen molar-refractivity contribution in [3.05, 3.63) is 125 Å². The van der Waals surface area contributed by atoms with Crippen LogP contribution in [-0.4, -0.2) is 104 Å². The maximum atomic E-state index is 13.5. The number of nitrogens with one attached hydrogen (secondary N) is 1. The molecule has 4 aromatic rings. The van der Waals surface area contributed by atoms with E-state index in [-0.39, 0.29) is 29.4 Å². The van der Waals surface area contributed by atoms with Crippen molar-refractivity contribution in [3.63, 3.8) is 0 Å². The molecular formula is C51H57N5O6. The van der Waals surface area contributed by atoms with Gasteiger partial charge in [-0.25, -0.2) is 0 Å². The van der Waals surface area contributed by atoms with Crippen molar-refractivity contribution in [2.45, 2.75) is 81.0 Å². The number of amides is 2. The number of hydrogen-bond acceptors (Lipinski definition) is 9. The zero-order valence-corrected chi connectivity index (χ0v) is 35.7. The average Bonchev–Trinajstić information content (AvgIpc) is 3.85. The number of piperazine rings is 1. The minimum atomic E-state index is -0.484. The summed E-state index contributed by atoms with van der Waals surface area (Å²) in [5.74, 6) is 2.75. The van der Waals surface area contributed by atoms with Crippen LogP contribution in [0.2, 0.25) is 0 Å². The highest BCUT2D eigenvalue weighted by atomic mass is 16.5. The molecule has 11 nitrogen and oxygen atoms in total. The molecule has 4 saturated heterocycles. The second-order valence-corrected chi connectivity index (χ2v) is 18.8. The summed E-state index contributed by atoms with van der Waals surface area (Å²) in [7, 11) is 1.79. The van der Waals surface area contributed by atoms with Gasteiger partial charge in [-0.3, -0.25) is 14.5 Å². The first-order valence-corrected chi connectivity index (χ1v) is 22.7. The lowest BCUT2D eigenvalue weighted by molar-refractivity contribution is -0.126. The summed E-state index contributed by atoms with van der Waals surface area (Å²) in [6.07, 6.45) is 6.33. The molecule has 1 unspecified atom stereocenters. The van der Waals surface area contributed by atoms with E-state index in [4.69, 9.17) is 14.2 Å². The molecule has 322 valence electrons. The summed E-state index contributed by atoms with van der Waals surface area (Å²) < 4.78 is 19.4. The smallest absolute Gasteiger partial charge is 0.255 e. The Hall–Kier alpha value is -5.52. The minimum absolute atomic E-state index is 0.0713. The van der Waals surface area contributed by atoms with E-state index in [2.05, 4.69) is 87.3 Å². The number of methoxy groups -OCH3 is 1. The van der Waals surface area contributed by atoms with Crippen molar-refractivity contribution in [2.24, 2.45) is 5.92 Å². The van der Waals surface area contributed by atoms with Gasteiger partial charge in [0.25, 0.3) is 5.91 Å². The van der Waals surface area contributed by atoms with Crippen LogP contribution in [-0.2, 0) is 22.5 Å². The van der Waals surface area contributed by atoms with Crippen LogP contribution in [0.15, 0.2) is 91.1 Å². The van der Waals surface area contributed by atoms with Crippen molar-refractivity contribution in [3.8, 4) is 17.2 Å². The van der Waals surface area contributed by atoms with Crippen molar-refractivity contribution in [1.82, 2.24) is 15.1 Å². The molecule has 1 aliphatic carbocycles. The Bertz CT molecular complexity index is 2410. The van der Waals surface area contributed by atoms with Gasteiger partial charge in [0.05, 0.1) is 37.6 Å². The minimum Gasteiger partial charge on any atom is -0.508 e. The Balaban J connectivity index is 0.717. The first-order chi connectivity index (χ1) is 30.2. The molecule has 7 aliphatic rings. The SMILES string of the molecule is C=C1CC[C@H](N2Cc3c(ccc4c3OC[C@H]3CN(CC5COC6(CCN(c7ccc([C@H]8c9ccc(O)cc9CC[C@H]8c8ccccc8)c(OC)c7)CC6)C5)CCN43)C2=O)C(=O)N1. The van der Waals surface area contributed by atoms with E-state index >= 15 is 0 Å². The number of carbonyl (C=O) groups excluding carboxylic acids is 2. The molecule has 4 aromatic carbocycles. The molecule has 1 spiro atoms. The summed E-state index contributed by atoms with van der Waals surface area (Å²) in [5.41, 5.74) is 9.49. The molecule has 0 radical (unpaired) electrons. The number of nitrogens with zero attached hydrogens (tertiary/aromatic N) is 4. The second-order valence-electron chi connectivity index (χ2n) is 18.8. The molecule has 6 aliphatic heterocycles. The number of phenolic OH excluding ortho intramolecular Hbond substituents is 1. The number of anilines is 2. The first kappa shape index (κ1) is 39.3. The van der Waals surface area contributed by atoms with Gasteiger partial charge in [-0.15, -0.1) is 0 Å². The number of allylic oxidation sites excluding steroid dienone is 1. The van der Waals surface area contributed by atoms with E-state index in [1.165, 1.54) is 27.9 Å². The van der Waals surface area contributed by atoms with Gasteiger partial charge in [0, 0.05) is 79.3 Å². The highest BCUT2D eigenvalue weighted by Crippen LogP contribution is 2.50. The van der Waals surface area contributed by atoms with Crippen LogP contribution in [0.25, 0.3) is 0 Å². The fourth-order valence-electron chi connectivity index (χ4n) is 12.1. The summed E-state index contributed by atoms with van der Waals surface area (Å²) in [6, 6.07) is 27.3. The van der Waals surface area contributed by atoms with Gasteiger partial charge in [-0.1, -0.05) is 49.0 Å². The summed E-state index contributed by atoms with van der Waals surface area (Å²) in [4.78, 5) is 35.6. The number of benzene rings is 4. The van der Waals surface area contributed by atoms with Gasteiger partial charge in [0.2, 0.25) is 5.91 Å². The van der Waals surface area contributed by atoms with Crippen LogP contribution in [0.3, 0.4) is 0 Å². The van der Waals surface area contributed by atoms with E-state index in [1.54, 1.807) is 12.0 Å². The highest BCUT2D eigenvalue weighted by Gasteiger charge is 2.46. The molecule has 4 fully saturated rings. The van der Waals surface area contributed by atoms with E-state index in [9.17, 15) is 14.7 Å². The van der Waals surface area contributed by atoms with Crippen molar-refractivity contribution < 1.29 is 28.9 Å². The number of aryl methyl sites for hydroxylation is 1. The largest absolute Gasteiger partial charge is 0.508 e. The quantitative estimate of drug-likeness (QED) is 0.204. The highest BCUT2D eigenvalue weighted by molar-refractivity contribution is 6.03. The molecule has 2 N–H and O–H groups in total. The number of aromatic hydroxyl groups is 1. The molecular weight excluding hydrogens is 779 g/mol. The lowest BCUT2D eigenvalue weighted by Gasteiger charge is -2.46.